The smallest absolute Gasteiger partial charge is 0.145 e. The van der Waals surface area contributed by atoms with Crippen molar-refractivity contribution in [2.45, 2.75) is 171 Å². The summed E-state index contributed by atoms with van der Waals surface area (Å²) in [6, 6.07) is 5.43. The minimum atomic E-state index is -2.69. The van der Waals surface area contributed by atoms with Crippen LogP contribution in [-0.4, -0.2) is 294 Å². The number of hydrogen-bond acceptors (Lipinski definition) is 26. The second kappa shape index (κ2) is 30.8. The Labute approximate surface area is 510 Å². The monoisotopic (exact) mass is 1320 g/mol. The number of aliphatic hydroxyl groups is 12. The van der Waals surface area contributed by atoms with Crippen molar-refractivity contribution in [2.75, 3.05) is 39.5 Å². The zero-order valence-corrected chi connectivity index (χ0v) is 49.6. The van der Waals surface area contributed by atoms with Crippen LogP contribution in [0.5, 0.6) is 5.75 Å². The second-order valence-electron chi connectivity index (χ2n) is 22.3. The molecular weight excluding hydrogens is 1240 g/mol. The zero-order valence-electron chi connectivity index (χ0n) is 47.9. The Morgan fingerprint density at radius 1 is 0.750 bits per heavy atom. The number of benzene rings is 2. The van der Waals surface area contributed by atoms with E-state index in [1.165, 1.54) is 30.6 Å². The number of hydrogen-bond donors (Lipinski definition) is 21. The summed E-state index contributed by atoms with van der Waals surface area (Å²) in [6.45, 7) is 0.997. The normalized spacial score (nSPS) is 33.1. The predicted octanol–water partition coefficient (Wildman–Crippen LogP) is -9.63. The molecule has 489 valence electrons. The Morgan fingerprint density at radius 3 is 1.98 bits per heavy atom. The van der Waals surface area contributed by atoms with E-state index in [0.717, 1.165) is 4.90 Å². The van der Waals surface area contributed by atoms with Crippen LogP contribution in [0.1, 0.15) is 44.2 Å². The van der Waals surface area contributed by atoms with Gasteiger partial charge in [-0.1, -0.05) is 19.9 Å². The molecule has 5 aliphatic heterocycles. The number of esters is 1. The maximum Gasteiger partial charge on any atom is 0.145 e. The number of nitrogens with two attached hydrogens (primary N) is 1. The third-order valence-corrected chi connectivity index (χ3v) is 18.6. The molecular formula is C54H79N10O23Se. The van der Waals surface area contributed by atoms with Crippen molar-refractivity contribution in [3.8, 4) is 5.75 Å². The van der Waals surface area contributed by atoms with Crippen molar-refractivity contribution in [2.24, 2.45) is 11.7 Å². The van der Waals surface area contributed by atoms with Crippen molar-refractivity contribution in [3.63, 3.8) is 0 Å². The number of carbonyl (C=O) groups is 4. The van der Waals surface area contributed by atoms with Gasteiger partial charge in [-0.25, -0.2) is 0 Å². The van der Waals surface area contributed by atoms with Crippen LogP contribution >= 0.6 is 0 Å². The van der Waals surface area contributed by atoms with Crippen molar-refractivity contribution >= 4 is 56.9 Å². The Hall–Kier alpha value is -5.83. The van der Waals surface area contributed by atoms with Gasteiger partial charge in [0.05, 0.1) is 13.2 Å². The molecule has 0 saturated carbocycles. The quantitative estimate of drug-likeness (QED) is 0.0292. The molecule has 0 aliphatic carbocycles. The van der Waals surface area contributed by atoms with Crippen molar-refractivity contribution < 1.29 is 114 Å². The molecule has 2 aromatic rings. The Morgan fingerprint density at radius 2 is 1.38 bits per heavy atom. The van der Waals surface area contributed by atoms with Gasteiger partial charge in [0.15, 0.2) is 12.4 Å². The zero-order chi connectivity index (χ0) is 64.5. The van der Waals surface area contributed by atoms with Crippen LogP contribution in [0.3, 0.4) is 0 Å². The molecule has 0 aromatic heterocycles. The van der Waals surface area contributed by atoms with Gasteiger partial charge in [0.25, 0.3) is 0 Å². The number of aliphatic hydroxyl groups excluding tert-OH is 11. The first-order valence-electron chi connectivity index (χ1n) is 28.2. The van der Waals surface area contributed by atoms with Gasteiger partial charge in [-0.05, 0) is 5.92 Å². The molecule has 3 amide bonds. The molecule has 19 unspecified atom stereocenters. The molecule has 23 atom stereocenters. The molecule has 5 fully saturated rings. The second-order valence-corrected chi connectivity index (χ2v) is 25.3. The van der Waals surface area contributed by atoms with Crippen LogP contribution in [0.2, 0.25) is 0 Å². The summed E-state index contributed by atoms with van der Waals surface area (Å²) in [4.78, 5) is 69.1. The molecule has 88 heavy (non-hydrogen) atoms. The molecule has 34 heteroatoms. The summed E-state index contributed by atoms with van der Waals surface area (Å²) >= 11 is -1.46. The molecule has 5 aliphatic rings. The SMILES string of the molecule is CC(C)CC(=O)OC1C(OC2C(CO)OC(Oc3ccc(C[C@H](NC(=O)[C@@H](N)C(C)c4ccccc4)C(=O)N[C@H](C(=O)N[C@H]([C]=O)CO)C(O)([Se]C4CNC(=N)N4)C4CNC(=N)N4C4OC(CO)C(O)C(O)C4O)cc3)C(O)C2O)OC(CO)C(O)C1O. The molecule has 2 aromatic carbocycles. The van der Waals surface area contributed by atoms with Crippen LogP contribution in [0, 0.1) is 16.7 Å². The summed E-state index contributed by atoms with van der Waals surface area (Å²) in [7, 11) is 0. The molecule has 0 bridgehead atoms. The topological polar surface area (TPSA) is 533 Å². The summed E-state index contributed by atoms with van der Waals surface area (Å²) < 4.78 is 31.9. The molecule has 22 N–H and O–H groups in total. The Balaban J connectivity index is 1.18. The third-order valence-electron chi connectivity index (χ3n) is 15.6. The Bertz CT molecular complexity index is 2700. The van der Waals surface area contributed by atoms with E-state index >= 15 is 4.79 Å². The van der Waals surface area contributed by atoms with E-state index in [9.17, 15) is 80.5 Å². The fraction of sp³-hybridized carbons (Fsp3) is 0.648. The summed E-state index contributed by atoms with van der Waals surface area (Å²) in [5.41, 5.74) is 7.45. The first-order chi connectivity index (χ1) is 41.8. The van der Waals surface area contributed by atoms with Gasteiger partial charge in [-0.15, -0.1) is 0 Å². The number of nitrogens with one attached hydrogen (secondary N) is 8. The van der Waals surface area contributed by atoms with Crippen LogP contribution in [0.25, 0.3) is 0 Å². The molecule has 0 spiro atoms. The summed E-state index contributed by atoms with van der Waals surface area (Å²) in [6.07, 6.45) is -25.8. The first-order valence-corrected chi connectivity index (χ1v) is 30.1. The maximum absolute atomic E-state index is 15.2. The van der Waals surface area contributed by atoms with Gasteiger partial charge in [0.2, 0.25) is 0 Å². The molecule has 5 heterocycles. The van der Waals surface area contributed by atoms with E-state index in [4.69, 9.17) is 45.0 Å². The minimum absolute atomic E-state index is 0.0404. The van der Waals surface area contributed by atoms with E-state index in [0.29, 0.717) is 5.56 Å². The van der Waals surface area contributed by atoms with E-state index in [1.54, 1.807) is 51.1 Å². The minimum Gasteiger partial charge on any atom is -0.394 e. The van der Waals surface area contributed by atoms with Crippen LogP contribution < -0.4 is 42.4 Å². The number of rotatable bonds is 27. The predicted molar refractivity (Wildman–Crippen MR) is 300 cm³/mol. The van der Waals surface area contributed by atoms with E-state index in [1.807, 2.05) is 0 Å². The van der Waals surface area contributed by atoms with Crippen molar-refractivity contribution in [1.29, 1.82) is 10.8 Å². The molecule has 33 nitrogen and oxygen atoms in total. The van der Waals surface area contributed by atoms with Gasteiger partial charge in [-0.3, -0.25) is 4.79 Å². The van der Waals surface area contributed by atoms with E-state index in [2.05, 4.69) is 31.9 Å². The largest absolute Gasteiger partial charge is 0.394 e. The number of carbonyl (C=O) groups excluding carboxylic acids is 5. The molecule has 5 saturated heterocycles. The van der Waals surface area contributed by atoms with Gasteiger partial charge in [0, 0.05) is 6.42 Å². The first kappa shape index (κ1) is 69.6. The van der Waals surface area contributed by atoms with Crippen LogP contribution in [-0.2, 0) is 54.1 Å². The van der Waals surface area contributed by atoms with Crippen LogP contribution in [0.4, 0.5) is 0 Å². The fourth-order valence-electron chi connectivity index (χ4n) is 10.6. The van der Waals surface area contributed by atoms with Gasteiger partial charge < -0.3 is 49.6 Å². The standard InChI is InChI=1S/C54H79N10O23Se/c1-22(2)13-34(70)86-44-39(74)37(72)30(20-68)84-51(44)87-43-31(21-69)85-50(42(77)40(43)75)82-27-11-9-24(10-12-27)14-28(61-47(79)35(55)23(3)25-7-5-4-6-8-25)46(78)63-45(48(80)60-26(17-65)18-66)54(81,88-33-16-58-52(56)62-33)32-15-59-53(57)64(32)49-41(76)38(73)36(71)29(19-67)83-49/h4-12,22-23,26,28-33,35-45,49-51,65,67-69,71-77,81H,13-17,19-21,55H2,1-3H3,(H2,57,59)(H,60,80)(H,61,79)(H,63,78)(H3,56,58,62)/t23?,26-,28-,29?,30?,31?,32?,33?,35-,36?,37?,38?,39?,40?,41?,42?,43?,44?,45+,49?,50?,51?,54?/m0/s1. The van der Waals surface area contributed by atoms with Gasteiger partial charge in [0.1, 0.15) is 42.7 Å². The fourth-order valence-corrected chi connectivity index (χ4v) is 13.7. The van der Waals surface area contributed by atoms with Crippen molar-refractivity contribution in [1.82, 2.24) is 36.8 Å². The third kappa shape index (κ3) is 16.0. The van der Waals surface area contributed by atoms with Gasteiger partial charge >= 0.3 is 357 Å². The van der Waals surface area contributed by atoms with Gasteiger partial charge in [-0.2, -0.15) is 0 Å². The number of nitrogens with zero attached hydrogens (tertiary/aromatic N) is 1. The summed E-state index contributed by atoms with van der Waals surface area (Å²) in [5.74, 6) is -5.85. The average Bonchev–Trinajstić information content (AvgIpc) is 1.56. The Kier molecular flexibility index (Phi) is 24.4. The van der Waals surface area contributed by atoms with Crippen molar-refractivity contribution in [3.05, 3.63) is 65.7 Å². The van der Waals surface area contributed by atoms with Crippen LogP contribution in [0.15, 0.2) is 54.6 Å². The number of guanidine groups is 2. The number of ether oxygens (including phenoxy) is 6. The summed E-state index contributed by atoms with van der Waals surface area (Å²) in [5, 5.41) is 164. The number of amides is 3. The molecule has 7 rings (SSSR count). The maximum atomic E-state index is 15.2. The van der Waals surface area contributed by atoms with E-state index < -0.39 is 222 Å². The average molecular weight is 1320 g/mol. The van der Waals surface area contributed by atoms with E-state index in [-0.39, 0.29) is 36.2 Å². The molecule has 1 radical (unpaired) electrons.